The number of aromatic nitrogens is 2. The molecule has 1 aliphatic heterocycles. The van der Waals surface area contributed by atoms with E-state index in [2.05, 4.69) is 10.4 Å². The molecule has 1 N–H and O–H groups in total. The largest absolute Gasteiger partial charge is 0.348 e. The molecule has 1 aliphatic rings. The van der Waals surface area contributed by atoms with Crippen LogP contribution in [0.1, 0.15) is 54.2 Å². The summed E-state index contributed by atoms with van der Waals surface area (Å²) in [4.78, 5) is 13.2. The zero-order valence-electron chi connectivity index (χ0n) is 18.7. The van der Waals surface area contributed by atoms with E-state index in [1.807, 2.05) is 26.0 Å². The number of carbonyl (C=O) groups excluding carboxylic acids is 1. The summed E-state index contributed by atoms with van der Waals surface area (Å²) < 4.78 is 28.6. The molecule has 0 saturated carbocycles. The van der Waals surface area contributed by atoms with Crippen molar-refractivity contribution in [3.8, 4) is 5.69 Å². The normalized spacial score (nSPS) is 14.7. The van der Waals surface area contributed by atoms with E-state index in [0.717, 1.165) is 29.8 Å². The van der Waals surface area contributed by atoms with Gasteiger partial charge in [-0.05, 0) is 60.7 Å². The van der Waals surface area contributed by atoms with E-state index in [1.165, 1.54) is 4.31 Å². The molecule has 0 unspecified atom stereocenters. The Bertz CT molecular complexity index is 1230. The van der Waals surface area contributed by atoms with Gasteiger partial charge in [0, 0.05) is 24.7 Å². The maximum atomic E-state index is 13.0. The third-order valence-corrected chi connectivity index (χ3v) is 7.91. The second-order valence-electron chi connectivity index (χ2n) is 8.42. The highest BCUT2D eigenvalue weighted by Gasteiger charge is 2.27. The zero-order chi connectivity index (χ0) is 23.6. The van der Waals surface area contributed by atoms with Gasteiger partial charge in [-0.2, -0.15) is 9.40 Å². The smallest absolute Gasteiger partial charge is 0.255 e. The first-order valence-corrected chi connectivity index (χ1v) is 12.8. The number of benzene rings is 2. The number of nitrogens with zero attached hydrogens (tertiary/aromatic N) is 3. The van der Waals surface area contributed by atoms with Gasteiger partial charge in [0.15, 0.2) is 0 Å². The van der Waals surface area contributed by atoms with Gasteiger partial charge in [0.2, 0.25) is 10.0 Å². The molecule has 0 bridgehead atoms. The third-order valence-electron chi connectivity index (χ3n) is 5.75. The molecule has 33 heavy (non-hydrogen) atoms. The third kappa shape index (κ3) is 4.98. The van der Waals surface area contributed by atoms with Gasteiger partial charge in [-0.3, -0.25) is 4.79 Å². The summed E-state index contributed by atoms with van der Waals surface area (Å²) in [5.74, 6) is -0.160. The lowest BCUT2D eigenvalue weighted by atomic mass is 10.0. The molecule has 4 rings (SSSR count). The van der Waals surface area contributed by atoms with E-state index >= 15 is 0 Å². The second kappa shape index (κ2) is 9.67. The number of halogens is 1. The van der Waals surface area contributed by atoms with E-state index in [-0.39, 0.29) is 23.3 Å². The molecule has 0 spiro atoms. The number of sulfonamides is 1. The molecule has 174 valence electrons. The molecule has 7 nitrogen and oxygen atoms in total. The molecule has 1 amide bonds. The highest BCUT2D eigenvalue weighted by Crippen LogP contribution is 2.24. The van der Waals surface area contributed by atoms with Gasteiger partial charge in [0.25, 0.3) is 5.91 Å². The summed E-state index contributed by atoms with van der Waals surface area (Å²) in [5.41, 5.74) is 2.96. The number of hydrogen-bond donors (Lipinski definition) is 1. The van der Waals surface area contributed by atoms with Gasteiger partial charge in [0.05, 0.1) is 28.0 Å². The van der Waals surface area contributed by atoms with Crippen LogP contribution in [-0.2, 0) is 16.6 Å². The Morgan fingerprint density at radius 2 is 1.70 bits per heavy atom. The minimum absolute atomic E-state index is 0.0685. The minimum atomic E-state index is -3.44. The van der Waals surface area contributed by atoms with Crippen molar-refractivity contribution in [3.63, 3.8) is 0 Å². The molecule has 2 heterocycles. The number of amides is 1. The molecular weight excluding hydrogens is 460 g/mol. The van der Waals surface area contributed by atoms with Crippen molar-refractivity contribution in [2.24, 2.45) is 0 Å². The maximum Gasteiger partial charge on any atom is 0.255 e. The number of nitrogens with one attached hydrogen (secondary N) is 1. The van der Waals surface area contributed by atoms with Gasteiger partial charge < -0.3 is 5.32 Å². The average Bonchev–Trinajstić information content (AvgIpc) is 3.49. The first kappa shape index (κ1) is 23.5. The van der Waals surface area contributed by atoms with E-state index in [9.17, 15) is 13.2 Å². The Hall–Kier alpha value is -2.68. The Morgan fingerprint density at radius 1 is 1.06 bits per heavy atom. The van der Waals surface area contributed by atoms with Crippen molar-refractivity contribution in [2.75, 3.05) is 13.1 Å². The molecule has 0 atom stereocenters. The summed E-state index contributed by atoms with van der Waals surface area (Å²) in [6.45, 7) is 5.45. The first-order chi connectivity index (χ1) is 15.8. The van der Waals surface area contributed by atoms with Crippen LogP contribution in [0.3, 0.4) is 0 Å². The Labute approximate surface area is 199 Å². The van der Waals surface area contributed by atoms with Gasteiger partial charge in [-0.15, -0.1) is 0 Å². The van der Waals surface area contributed by atoms with Gasteiger partial charge in [-0.25, -0.2) is 13.1 Å². The number of carbonyl (C=O) groups is 1. The van der Waals surface area contributed by atoms with E-state index in [4.69, 9.17) is 11.6 Å². The van der Waals surface area contributed by atoms with E-state index in [1.54, 1.807) is 47.3 Å². The Morgan fingerprint density at radius 3 is 2.30 bits per heavy atom. The van der Waals surface area contributed by atoms with Crippen molar-refractivity contribution in [3.05, 3.63) is 76.6 Å². The second-order valence-corrected chi connectivity index (χ2v) is 10.8. The molecular formula is C24H27ClN4O3S. The summed E-state index contributed by atoms with van der Waals surface area (Å²) in [6, 6.07) is 14.0. The van der Waals surface area contributed by atoms with Crippen LogP contribution in [-0.4, -0.2) is 41.5 Å². The van der Waals surface area contributed by atoms with Crippen LogP contribution < -0.4 is 5.32 Å². The van der Waals surface area contributed by atoms with Crippen molar-refractivity contribution >= 4 is 27.5 Å². The SMILES string of the molecule is CC(C)c1c(C(=O)NCc2ccc(S(=O)(=O)N3CCCC3)cc2)cnn1-c1ccc(Cl)cc1. The van der Waals surface area contributed by atoms with E-state index in [0.29, 0.717) is 23.7 Å². The van der Waals surface area contributed by atoms with E-state index < -0.39 is 10.0 Å². The quantitative estimate of drug-likeness (QED) is 0.537. The van der Waals surface area contributed by atoms with Gasteiger partial charge >= 0.3 is 0 Å². The summed E-state index contributed by atoms with van der Waals surface area (Å²) in [6.07, 6.45) is 3.37. The average molecular weight is 487 g/mol. The van der Waals surface area contributed by atoms with Crippen molar-refractivity contribution < 1.29 is 13.2 Å². The van der Waals surface area contributed by atoms with Gasteiger partial charge in [-0.1, -0.05) is 37.6 Å². The van der Waals surface area contributed by atoms with Crippen LogP contribution in [0, 0.1) is 0 Å². The molecule has 0 aliphatic carbocycles. The summed E-state index contributed by atoms with van der Waals surface area (Å²) in [7, 11) is -3.44. The molecule has 1 aromatic heterocycles. The Kier molecular flexibility index (Phi) is 6.88. The first-order valence-electron chi connectivity index (χ1n) is 11.0. The predicted octanol–water partition coefficient (Wildman–Crippen LogP) is 4.36. The highest BCUT2D eigenvalue weighted by molar-refractivity contribution is 7.89. The predicted molar refractivity (Wildman–Crippen MR) is 128 cm³/mol. The topological polar surface area (TPSA) is 84.3 Å². The molecule has 3 aromatic rings. The highest BCUT2D eigenvalue weighted by atomic mass is 35.5. The molecule has 9 heteroatoms. The maximum absolute atomic E-state index is 13.0. The molecule has 1 saturated heterocycles. The van der Waals surface area contributed by atoms with Crippen LogP contribution in [0.15, 0.2) is 59.6 Å². The van der Waals surface area contributed by atoms with Gasteiger partial charge in [0.1, 0.15) is 0 Å². The fourth-order valence-corrected chi connectivity index (χ4v) is 5.65. The van der Waals surface area contributed by atoms with Crippen LogP contribution in [0.4, 0.5) is 0 Å². The number of hydrogen-bond acceptors (Lipinski definition) is 4. The van der Waals surface area contributed by atoms with Crippen LogP contribution in [0.25, 0.3) is 5.69 Å². The number of rotatable bonds is 7. The minimum Gasteiger partial charge on any atom is -0.348 e. The van der Waals surface area contributed by atoms with Crippen LogP contribution >= 0.6 is 11.6 Å². The molecule has 0 radical (unpaired) electrons. The van der Waals surface area contributed by atoms with Crippen molar-refractivity contribution in [1.29, 1.82) is 0 Å². The van der Waals surface area contributed by atoms with Crippen LogP contribution in [0.2, 0.25) is 5.02 Å². The lowest BCUT2D eigenvalue weighted by molar-refractivity contribution is 0.0949. The summed E-state index contributed by atoms with van der Waals surface area (Å²) in [5, 5.41) is 7.99. The zero-order valence-corrected chi connectivity index (χ0v) is 20.2. The van der Waals surface area contributed by atoms with Crippen molar-refractivity contribution in [1.82, 2.24) is 19.4 Å². The fraction of sp³-hybridized carbons (Fsp3) is 0.333. The fourth-order valence-electron chi connectivity index (χ4n) is 4.01. The lowest BCUT2D eigenvalue weighted by Crippen LogP contribution is -2.28. The summed E-state index contributed by atoms with van der Waals surface area (Å²) >= 11 is 5.99. The van der Waals surface area contributed by atoms with Crippen molar-refractivity contribution in [2.45, 2.75) is 44.0 Å². The Balaban J connectivity index is 1.47. The molecule has 1 fully saturated rings. The molecule has 2 aromatic carbocycles. The van der Waals surface area contributed by atoms with Crippen LogP contribution in [0.5, 0.6) is 0 Å². The standard InChI is InChI=1S/C24H27ClN4O3S/c1-17(2)23-22(16-27-29(23)20-9-7-19(25)8-10-20)24(30)26-15-18-5-11-21(12-6-18)33(31,32)28-13-3-4-14-28/h5-12,16-17H,3-4,13-15H2,1-2H3,(H,26,30). The lowest BCUT2D eigenvalue weighted by Gasteiger charge is -2.16. The monoisotopic (exact) mass is 486 g/mol.